The van der Waals surface area contributed by atoms with Gasteiger partial charge in [-0.15, -0.1) is 0 Å². The van der Waals surface area contributed by atoms with E-state index < -0.39 is 0 Å². The Labute approximate surface area is 166 Å². The zero-order valence-corrected chi connectivity index (χ0v) is 16.2. The lowest BCUT2D eigenvalue weighted by Crippen LogP contribution is -2.44. The van der Waals surface area contributed by atoms with Gasteiger partial charge in [0.1, 0.15) is 20.2 Å². The zero-order chi connectivity index (χ0) is 19.1. The molecule has 0 aromatic carbocycles. The third kappa shape index (κ3) is 3.59. The summed E-state index contributed by atoms with van der Waals surface area (Å²) in [4.78, 5) is 13.8. The van der Waals surface area contributed by atoms with Crippen molar-refractivity contribution in [2.24, 2.45) is 0 Å². The van der Waals surface area contributed by atoms with Crippen LogP contribution in [-0.2, 0) is 6.61 Å². The van der Waals surface area contributed by atoms with Crippen LogP contribution in [0.2, 0.25) is 0 Å². The van der Waals surface area contributed by atoms with Crippen LogP contribution in [0, 0.1) is 0 Å². The van der Waals surface area contributed by atoms with Crippen molar-refractivity contribution >= 4 is 24.8 Å². The van der Waals surface area contributed by atoms with Crippen LogP contribution >= 0.6 is 0 Å². The van der Waals surface area contributed by atoms with Gasteiger partial charge in [0.2, 0.25) is 0 Å². The van der Waals surface area contributed by atoms with Crippen LogP contribution < -0.4 is 15.2 Å². The molecule has 3 aromatic heterocycles. The lowest BCUT2D eigenvalue weighted by atomic mass is 10.0. The number of pyridine rings is 2. The number of rotatable bonds is 5. The number of anilines is 1. The summed E-state index contributed by atoms with van der Waals surface area (Å²) in [5, 5.41) is 0. The maximum absolute atomic E-state index is 5.88. The first kappa shape index (κ1) is 17.6. The number of ether oxygens (including phenoxy) is 1. The summed E-state index contributed by atoms with van der Waals surface area (Å²) in [7, 11) is 7.92. The molecule has 1 aliphatic carbocycles. The van der Waals surface area contributed by atoms with Gasteiger partial charge in [0.25, 0.3) is 0 Å². The van der Waals surface area contributed by atoms with Gasteiger partial charge in [0.15, 0.2) is 5.65 Å². The number of fused-ring (bicyclic) bond motifs is 1. The van der Waals surface area contributed by atoms with Gasteiger partial charge in [-0.1, -0.05) is 0 Å². The van der Waals surface area contributed by atoms with Gasteiger partial charge in [-0.25, -0.2) is 4.98 Å². The molecule has 0 atom stereocenters. The zero-order valence-electron chi connectivity index (χ0n) is 16.2. The van der Waals surface area contributed by atoms with E-state index in [-0.39, 0.29) is 0 Å². The Morgan fingerprint density at radius 3 is 2.71 bits per heavy atom. The summed E-state index contributed by atoms with van der Waals surface area (Å²) in [5.74, 6) is 1.42. The van der Waals surface area contributed by atoms with E-state index in [1.807, 2.05) is 6.07 Å². The third-order valence-electron chi connectivity index (χ3n) is 5.63. The molecule has 7 heteroatoms. The minimum Gasteiger partial charge on any atom is -0.487 e. The summed E-state index contributed by atoms with van der Waals surface area (Å²) < 4.78 is 8.06. The fourth-order valence-corrected chi connectivity index (χ4v) is 3.82. The number of aromatic nitrogens is 3. The molecule has 1 saturated heterocycles. The second-order valence-electron chi connectivity index (χ2n) is 7.89. The predicted molar refractivity (Wildman–Crippen MR) is 111 cm³/mol. The quantitative estimate of drug-likeness (QED) is 0.638. The average Bonchev–Trinajstić information content (AvgIpc) is 3.46. The Morgan fingerprint density at radius 2 is 1.96 bits per heavy atom. The molecule has 2 fully saturated rings. The van der Waals surface area contributed by atoms with E-state index in [9.17, 15) is 0 Å². The Hall–Kier alpha value is -2.54. The molecule has 142 valence electrons. The Kier molecular flexibility index (Phi) is 4.47. The molecule has 0 unspecified atom stereocenters. The van der Waals surface area contributed by atoms with Crippen LogP contribution in [0.15, 0.2) is 36.8 Å². The molecular formula is C21H24BN5O. The van der Waals surface area contributed by atoms with Gasteiger partial charge in [-0.3, -0.25) is 4.98 Å². The van der Waals surface area contributed by atoms with E-state index in [1.54, 1.807) is 12.3 Å². The van der Waals surface area contributed by atoms with E-state index >= 15 is 0 Å². The van der Waals surface area contributed by atoms with Crippen LogP contribution in [0.4, 0.5) is 5.69 Å². The number of likely N-dealkylation sites (N-methyl/N-ethyl adjacent to an activating group) is 1. The van der Waals surface area contributed by atoms with Crippen molar-refractivity contribution in [3.8, 4) is 5.75 Å². The van der Waals surface area contributed by atoms with Crippen molar-refractivity contribution in [2.45, 2.75) is 25.4 Å². The lowest BCUT2D eigenvalue weighted by Gasteiger charge is -2.34. The molecule has 0 amide bonds. The molecule has 4 heterocycles. The smallest absolute Gasteiger partial charge is 0.160 e. The number of hydrogen-bond donors (Lipinski definition) is 0. The Morgan fingerprint density at radius 1 is 1.14 bits per heavy atom. The van der Waals surface area contributed by atoms with Gasteiger partial charge < -0.3 is 18.9 Å². The average molecular weight is 373 g/mol. The minimum absolute atomic E-state index is 0.409. The van der Waals surface area contributed by atoms with Crippen molar-refractivity contribution in [3.63, 3.8) is 0 Å². The first-order valence-electron chi connectivity index (χ1n) is 9.95. The topological polar surface area (TPSA) is 45.9 Å². The fraction of sp³-hybridized carbons (Fsp3) is 0.429. The van der Waals surface area contributed by atoms with Crippen molar-refractivity contribution in [2.75, 3.05) is 38.1 Å². The first-order chi connectivity index (χ1) is 13.7. The van der Waals surface area contributed by atoms with Crippen molar-refractivity contribution < 1.29 is 4.74 Å². The highest BCUT2D eigenvalue weighted by atomic mass is 16.5. The number of imidazole rings is 1. The van der Waals surface area contributed by atoms with Gasteiger partial charge >= 0.3 is 0 Å². The molecule has 28 heavy (non-hydrogen) atoms. The molecule has 5 rings (SSSR count). The molecule has 2 radical (unpaired) electrons. The van der Waals surface area contributed by atoms with Crippen LogP contribution in [0.1, 0.15) is 30.0 Å². The van der Waals surface area contributed by atoms with Gasteiger partial charge in [0, 0.05) is 44.8 Å². The highest BCUT2D eigenvalue weighted by Crippen LogP contribution is 2.42. The fourth-order valence-electron chi connectivity index (χ4n) is 3.82. The van der Waals surface area contributed by atoms with Crippen molar-refractivity contribution in [3.05, 3.63) is 48.0 Å². The molecule has 0 N–H and O–H groups in total. The first-order valence-corrected chi connectivity index (χ1v) is 9.95. The van der Waals surface area contributed by atoms with Crippen LogP contribution in [0.25, 0.3) is 5.65 Å². The molecule has 0 bridgehead atoms. The number of piperazine rings is 1. The molecule has 1 saturated carbocycles. The normalized spacial score (nSPS) is 18.0. The molecule has 0 spiro atoms. The second-order valence-corrected chi connectivity index (χ2v) is 7.89. The number of hydrogen-bond acceptors (Lipinski definition) is 5. The summed E-state index contributed by atoms with van der Waals surface area (Å²) in [5.41, 5.74) is 5.06. The second kappa shape index (κ2) is 7.13. The minimum atomic E-state index is 0.409. The van der Waals surface area contributed by atoms with Gasteiger partial charge in [-0.2, -0.15) is 0 Å². The van der Waals surface area contributed by atoms with E-state index in [0.717, 1.165) is 37.5 Å². The highest BCUT2D eigenvalue weighted by molar-refractivity contribution is 6.30. The van der Waals surface area contributed by atoms with E-state index in [1.165, 1.54) is 24.1 Å². The van der Waals surface area contributed by atoms with Gasteiger partial charge in [0.05, 0.1) is 11.4 Å². The van der Waals surface area contributed by atoms with Crippen LogP contribution in [-0.4, -0.2) is 60.3 Å². The standard InChI is InChI=1S/C21H24BN5O/c1-25-6-8-26(9-7-25)19-10-16(15-2-3-15)12-27-13-17(24-21(19)27)14-28-18-4-5-23-20(22)11-18/h4-5,10-13,15H,2-3,6-9,14H2,1H3. The van der Waals surface area contributed by atoms with Gasteiger partial charge in [-0.05, 0) is 55.2 Å². The largest absolute Gasteiger partial charge is 0.487 e. The maximum atomic E-state index is 5.88. The van der Waals surface area contributed by atoms with E-state index in [2.05, 4.69) is 44.7 Å². The Bertz CT molecular complexity index is 992. The molecule has 3 aromatic rings. The molecule has 1 aliphatic heterocycles. The number of nitrogens with zero attached hydrogens (tertiary/aromatic N) is 5. The van der Waals surface area contributed by atoms with Crippen molar-refractivity contribution in [1.29, 1.82) is 0 Å². The SMILES string of the molecule is [B]c1cc(OCc2cn3cc(C4CC4)cc(N4CCN(C)CC4)c3n2)ccn1. The monoisotopic (exact) mass is 373 g/mol. The van der Waals surface area contributed by atoms with Crippen LogP contribution in [0.5, 0.6) is 5.75 Å². The summed E-state index contributed by atoms with van der Waals surface area (Å²) in [6.07, 6.45) is 8.57. The molecular weight excluding hydrogens is 349 g/mol. The summed E-state index contributed by atoms with van der Waals surface area (Å²) in [6, 6.07) is 5.91. The van der Waals surface area contributed by atoms with E-state index in [0.29, 0.717) is 23.9 Å². The predicted octanol–water partition coefficient (Wildman–Crippen LogP) is 1.73. The third-order valence-corrected chi connectivity index (χ3v) is 5.63. The van der Waals surface area contributed by atoms with Crippen molar-refractivity contribution in [1.82, 2.24) is 19.3 Å². The van der Waals surface area contributed by atoms with Crippen LogP contribution in [0.3, 0.4) is 0 Å². The maximum Gasteiger partial charge on any atom is 0.160 e. The van der Waals surface area contributed by atoms with E-state index in [4.69, 9.17) is 17.6 Å². The summed E-state index contributed by atoms with van der Waals surface area (Å²) >= 11 is 0. The lowest BCUT2D eigenvalue weighted by molar-refractivity contribution is 0.302. The summed E-state index contributed by atoms with van der Waals surface area (Å²) in [6.45, 7) is 4.65. The molecule has 6 nitrogen and oxygen atoms in total. The Balaban J connectivity index is 1.44. The highest BCUT2D eigenvalue weighted by Gasteiger charge is 2.27. The molecule has 2 aliphatic rings.